The summed E-state index contributed by atoms with van der Waals surface area (Å²) < 4.78 is 0. The molecule has 0 radical (unpaired) electrons. The molecular formula is C15H19N3O3. The Kier molecular flexibility index (Phi) is 4.57. The van der Waals surface area contributed by atoms with Gasteiger partial charge in [-0.05, 0) is 31.9 Å². The number of likely N-dealkylation sites (tertiary alicyclic amines) is 1. The van der Waals surface area contributed by atoms with E-state index in [1.165, 1.54) is 11.8 Å². The molecule has 1 aliphatic rings. The van der Waals surface area contributed by atoms with E-state index in [1.54, 1.807) is 31.3 Å². The van der Waals surface area contributed by atoms with Gasteiger partial charge in [-0.25, -0.2) is 4.79 Å². The van der Waals surface area contributed by atoms with Crippen LogP contribution in [-0.4, -0.2) is 42.3 Å². The topological polar surface area (TPSA) is 78.5 Å². The molecule has 1 heterocycles. The number of urea groups is 1. The van der Waals surface area contributed by atoms with Gasteiger partial charge in [-0.3, -0.25) is 9.59 Å². The predicted octanol–water partition coefficient (Wildman–Crippen LogP) is 1.63. The monoisotopic (exact) mass is 289 g/mol. The maximum absolute atomic E-state index is 12.3. The van der Waals surface area contributed by atoms with E-state index in [4.69, 9.17) is 0 Å². The summed E-state index contributed by atoms with van der Waals surface area (Å²) >= 11 is 0. The number of nitrogens with zero attached hydrogens (tertiary/aromatic N) is 1. The average Bonchev–Trinajstić information content (AvgIpc) is 2.96. The third kappa shape index (κ3) is 3.39. The highest BCUT2D eigenvalue weighted by molar-refractivity contribution is 5.97. The van der Waals surface area contributed by atoms with Gasteiger partial charge in [0.2, 0.25) is 5.91 Å². The molecule has 0 bridgehead atoms. The average molecular weight is 289 g/mol. The van der Waals surface area contributed by atoms with Crippen molar-refractivity contribution in [3.63, 3.8) is 0 Å². The Morgan fingerprint density at radius 3 is 2.71 bits per heavy atom. The molecule has 1 unspecified atom stereocenters. The summed E-state index contributed by atoms with van der Waals surface area (Å²) in [6, 6.07) is 6.02. The molecule has 1 aromatic carbocycles. The summed E-state index contributed by atoms with van der Waals surface area (Å²) in [4.78, 5) is 36.9. The lowest BCUT2D eigenvalue weighted by atomic mass is 10.1. The van der Waals surface area contributed by atoms with Crippen molar-refractivity contribution in [1.29, 1.82) is 0 Å². The number of carbonyl (C=O) groups is 3. The lowest BCUT2D eigenvalue weighted by Crippen LogP contribution is -2.46. The lowest BCUT2D eigenvalue weighted by molar-refractivity contribution is -0.124. The minimum atomic E-state index is -0.425. The number of nitrogens with one attached hydrogen (secondary N) is 2. The number of hydrogen-bond donors (Lipinski definition) is 2. The normalized spacial score (nSPS) is 17.4. The Hall–Kier alpha value is -2.37. The maximum atomic E-state index is 12.3. The standard InChI is InChI=1S/C15H19N3O3/c1-10(19)11-5-3-6-12(9-11)17-15(21)18-8-4-7-13(18)14(20)16-2/h3,5-6,9,13H,4,7-8H2,1-2H3,(H,16,20)(H,17,21). The van der Waals surface area contributed by atoms with Crippen LogP contribution in [0, 0.1) is 0 Å². The minimum Gasteiger partial charge on any atom is -0.357 e. The summed E-state index contributed by atoms with van der Waals surface area (Å²) in [5.74, 6) is -0.212. The van der Waals surface area contributed by atoms with E-state index < -0.39 is 6.04 Å². The van der Waals surface area contributed by atoms with Crippen LogP contribution < -0.4 is 10.6 Å². The van der Waals surface area contributed by atoms with E-state index >= 15 is 0 Å². The highest BCUT2D eigenvalue weighted by Crippen LogP contribution is 2.19. The molecular weight excluding hydrogens is 270 g/mol. The van der Waals surface area contributed by atoms with Gasteiger partial charge in [0.25, 0.3) is 0 Å². The molecule has 0 spiro atoms. The Morgan fingerprint density at radius 1 is 1.29 bits per heavy atom. The van der Waals surface area contributed by atoms with Crippen molar-refractivity contribution in [3.05, 3.63) is 29.8 Å². The van der Waals surface area contributed by atoms with Gasteiger partial charge in [-0.2, -0.15) is 0 Å². The van der Waals surface area contributed by atoms with Crippen LogP contribution in [0.25, 0.3) is 0 Å². The van der Waals surface area contributed by atoms with Gasteiger partial charge in [0, 0.05) is 24.8 Å². The number of amides is 3. The second-order valence-electron chi connectivity index (χ2n) is 5.03. The lowest BCUT2D eigenvalue weighted by Gasteiger charge is -2.23. The summed E-state index contributed by atoms with van der Waals surface area (Å²) in [6.45, 7) is 2.03. The SMILES string of the molecule is CNC(=O)C1CCCN1C(=O)Nc1cccc(C(C)=O)c1. The van der Waals surface area contributed by atoms with Crippen molar-refractivity contribution in [2.75, 3.05) is 18.9 Å². The zero-order valence-electron chi connectivity index (χ0n) is 12.2. The van der Waals surface area contributed by atoms with E-state index in [0.29, 0.717) is 24.2 Å². The van der Waals surface area contributed by atoms with Crippen LogP contribution in [0.2, 0.25) is 0 Å². The first-order valence-electron chi connectivity index (χ1n) is 6.93. The first-order chi connectivity index (χ1) is 10.0. The van der Waals surface area contributed by atoms with E-state index in [2.05, 4.69) is 10.6 Å². The van der Waals surface area contributed by atoms with Crippen LogP contribution in [0.1, 0.15) is 30.1 Å². The minimum absolute atomic E-state index is 0.0597. The van der Waals surface area contributed by atoms with Crippen molar-refractivity contribution < 1.29 is 14.4 Å². The number of carbonyl (C=O) groups excluding carboxylic acids is 3. The van der Waals surface area contributed by atoms with Crippen molar-refractivity contribution in [2.24, 2.45) is 0 Å². The largest absolute Gasteiger partial charge is 0.357 e. The highest BCUT2D eigenvalue weighted by Gasteiger charge is 2.33. The fourth-order valence-electron chi connectivity index (χ4n) is 2.46. The Bertz CT molecular complexity index is 571. The molecule has 0 aromatic heterocycles. The van der Waals surface area contributed by atoms with Crippen molar-refractivity contribution >= 4 is 23.4 Å². The summed E-state index contributed by atoms with van der Waals surface area (Å²) in [5.41, 5.74) is 1.09. The molecule has 1 aliphatic heterocycles. The molecule has 1 fully saturated rings. The molecule has 2 rings (SSSR count). The molecule has 6 heteroatoms. The second-order valence-corrected chi connectivity index (χ2v) is 5.03. The van der Waals surface area contributed by atoms with Crippen LogP contribution in [0.15, 0.2) is 24.3 Å². The van der Waals surface area contributed by atoms with Crippen LogP contribution >= 0.6 is 0 Å². The first kappa shape index (κ1) is 15.0. The fourth-order valence-corrected chi connectivity index (χ4v) is 2.46. The molecule has 1 atom stereocenters. The van der Waals surface area contributed by atoms with Crippen molar-refractivity contribution in [3.8, 4) is 0 Å². The second kappa shape index (κ2) is 6.39. The molecule has 21 heavy (non-hydrogen) atoms. The number of rotatable bonds is 3. The molecule has 0 saturated carbocycles. The maximum Gasteiger partial charge on any atom is 0.322 e. The number of Topliss-reactive ketones (excluding diaryl/α,β-unsaturated/α-hetero) is 1. The smallest absolute Gasteiger partial charge is 0.322 e. The Balaban J connectivity index is 2.09. The molecule has 3 amide bonds. The van der Waals surface area contributed by atoms with Gasteiger partial charge in [-0.1, -0.05) is 12.1 Å². The number of ketones is 1. The van der Waals surface area contributed by atoms with Crippen LogP contribution in [0.4, 0.5) is 10.5 Å². The molecule has 1 aromatic rings. The molecule has 2 N–H and O–H groups in total. The van der Waals surface area contributed by atoms with Crippen molar-refractivity contribution in [2.45, 2.75) is 25.8 Å². The van der Waals surface area contributed by atoms with Crippen LogP contribution in [-0.2, 0) is 4.79 Å². The summed E-state index contributed by atoms with van der Waals surface area (Å²) in [7, 11) is 1.56. The van der Waals surface area contributed by atoms with Crippen LogP contribution in [0.3, 0.4) is 0 Å². The van der Waals surface area contributed by atoms with Crippen LogP contribution in [0.5, 0.6) is 0 Å². The predicted molar refractivity (Wildman–Crippen MR) is 79.3 cm³/mol. The molecule has 1 saturated heterocycles. The number of hydrogen-bond acceptors (Lipinski definition) is 3. The fraction of sp³-hybridized carbons (Fsp3) is 0.400. The summed E-state index contributed by atoms with van der Waals surface area (Å²) in [6.07, 6.45) is 1.47. The third-order valence-electron chi connectivity index (χ3n) is 3.58. The molecule has 6 nitrogen and oxygen atoms in total. The van der Waals surface area contributed by atoms with E-state index in [9.17, 15) is 14.4 Å². The Morgan fingerprint density at radius 2 is 2.05 bits per heavy atom. The quantitative estimate of drug-likeness (QED) is 0.830. The third-order valence-corrected chi connectivity index (χ3v) is 3.58. The van der Waals surface area contributed by atoms with Gasteiger partial charge in [0.15, 0.2) is 5.78 Å². The first-order valence-corrected chi connectivity index (χ1v) is 6.93. The van der Waals surface area contributed by atoms with Gasteiger partial charge in [0.1, 0.15) is 6.04 Å². The van der Waals surface area contributed by atoms with E-state index in [1.807, 2.05) is 0 Å². The number of anilines is 1. The zero-order valence-corrected chi connectivity index (χ0v) is 12.2. The highest BCUT2D eigenvalue weighted by atomic mass is 16.2. The van der Waals surface area contributed by atoms with Gasteiger partial charge in [-0.15, -0.1) is 0 Å². The van der Waals surface area contributed by atoms with Gasteiger partial charge >= 0.3 is 6.03 Å². The molecule has 112 valence electrons. The number of likely N-dealkylation sites (N-methyl/N-ethyl adjacent to an activating group) is 1. The van der Waals surface area contributed by atoms with Gasteiger partial charge < -0.3 is 15.5 Å². The van der Waals surface area contributed by atoms with Crippen molar-refractivity contribution in [1.82, 2.24) is 10.2 Å². The Labute approximate surface area is 123 Å². The summed E-state index contributed by atoms with van der Waals surface area (Å²) in [5, 5.41) is 5.32. The zero-order chi connectivity index (χ0) is 15.4. The van der Waals surface area contributed by atoms with E-state index in [-0.39, 0.29) is 17.7 Å². The van der Waals surface area contributed by atoms with Gasteiger partial charge in [0.05, 0.1) is 0 Å². The number of benzene rings is 1. The molecule has 0 aliphatic carbocycles. The van der Waals surface area contributed by atoms with E-state index in [0.717, 1.165) is 6.42 Å².